The topological polar surface area (TPSA) is 58.6 Å². The highest BCUT2D eigenvalue weighted by molar-refractivity contribution is 5.91. The van der Waals surface area contributed by atoms with Crippen LogP contribution in [0.25, 0.3) is 0 Å². The lowest BCUT2D eigenvalue weighted by atomic mass is 9.78. The highest BCUT2D eigenvalue weighted by Crippen LogP contribution is 2.39. The summed E-state index contributed by atoms with van der Waals surface area (Å²) in [5, 5.41) is 13.3. The Morgan fingerprint density at radius 1 is 1.12 bits per heavy atom. The van der Waals surface area contributed by atoms with E-state index in [0.717, 1.165) is 16.7 Å². The average molecular weight is 333 g/mol. The van der Waals surface area contributed by atoms with Crippen LogP contribution in [0.2, 0.25) is 0 Å². The van der Waals surface area contributed by atoms with Crippen LogP contribution in [0.15, 0.2) is 24.3 Å². The summed E-state index contributed by atoms with van der Waals surface area (Å²) in [6.45, 7) is 18.2. The zero-order valence-corrected chi connectivity index (χ0v) is 16.0. The van der Waals surface area contributed by atoms with Gasteiger partial charge in [-0.2, -0.15) is 0 Å². The van der Waals surface area contributed by atoms with E-state index in [-0.39, 0.29) is 23.5 Å². The van der Waals surface area contributed by atoms with Gasteiger partial charge >= 0.3 is 0 Å². The molecule has 0 aliphatic carbocycles. The van der Waals surface area contributed by atoms with Crippen molar-refractivity contribution in [1.29, 1.82) is 0 Å². The Hall–Kier alpha value is -1.81. The molecule has 0 radical (unpaired) electrons. The quantitative estimate of drug-likeness (QED) is 0.483. The molecule has 1 amide bonds. The SMILES string of the molecule is C=C(C)C(=O)NCOCc1cc(C(C)(C)C)c(O)c(C(C)(C)C)c1. The van der Waals surface area contributed by atoms with Crippen LogP contribution in [0.1, 0.15) is 65.2 Å². The molecule has 134 valence electrons. The number of nitrogens with one attached hydrogen (secondary N) is 1. The Balaban J connectivity index is 2.99. The Morgan fingerprint density at radius 2 is 1.58 bits per heavy atom. The van der Waals surface area contributed by atoms with Gasteiger partial charge in [0.25, 0.3) is 0 Å². The summed E-state index contributed by atoms with van der Waals surface area (Å²) in [6.07, 6.45) is 0. The van der Waals surface area contributed by atoms with E-state index < -0.39 is 0 Å². The number of carbonyl (C=O) groups excluding carboxylic acids is 1. The van der Waals surface area contributed by atoms with E-state index in [0.29, 0.717) is 17.9 Å². The summed E-state index contributed by atoms with van der Waals surface area (Å²) >= 11 is 0. The third-order valence-corrected chi connectivity index (χ3v) is 3.78. The highest BCUT2D eigenvalue weighted by atomic mass is 16.5. The van der Waals surface area contributed by atoms with Gasteiger partial charge in [0.15, 0.2) is 0 Å². The van der Waals surface area contributed by atoms with Crippen molar-refractivity contribution in [3.63, 3.8) is 0 Å². The highest BCUT2D eigenvalue weighted by Gasteiger charge is 2.26. The molecule has 0 atom stereocenters. The van der Waals surface area contributed by atoms with Gasteiger partial charge in [-0.15, -0.1) is 0 Å². The minimum absolute atomic E-state index is 0.127. The van der Waals surface area contributed by atoms with Gasteiger partial charge in [-0.1, -0.05) is 48.1 Å². The van der Waals surface area contributed by atoms with Crippen LogP contribution < -0.4 is 5.32 Å². The number of carbonyl (C=O) groups is 1. The molecule has 0 aliphatic heterocycles. The lowest BCUT2D eigenvalue weighted by Crippen LogP contribution is -2.26. The van der Waals surface area contributed by atoms with Crippen LogP contribution in [-0.4, -0.2) is 17.7 Å². The second-order valence-electron chi connectivity index (χ2n) is 8.32. The van der Waals surface area contributed by atoms with E-state index in [1.54, 1.807) is 6.92 Å². The van der Waals surface area contributed by atoms with Gasteiger partial charge in [0, 0.05) is 5.57 Å². The van der Waals surface area contributed by atoms with Crippen molar-refractivity contribution >= 4 is 5.91 Å². The van der Waals surface area contributed by atoms with Crippen LogP contribution in [0.5, 0.6) is 5.75 Å². The number of benzene rings is 1. The zero-order valence-electron chi connectivity index (χ0n) is 16.0. The molecule has 0 heterocycles. The first-order valence-electron chi connectivity index (χ1n) is 8.22. The Labute approximate surface area is 145 Å². The van der Waals surface area contributed by atoms with Crippen LogP contribution in [-0.2, 0) is 27.0 Å². The first-order valence-corrected chi connectivity index (χ1v) is 8.22. The fourth-order valence-corrected chi connectivity index (χ4v) is 2.36. The van der Waals surface area contributed by atoms with Crippen LogP contribution in [0.4, 0.5) is 0 Å². The van der Waals surface area contributed by atoms with E-state index in [1.807, 2.05) is 12.1 Å². The Morgan fingerprint density at radius 3 is 1.96 bits per heavy atom. The fourth-order valence-electron chi connectivity index (χ4n) is 2.36. The predicted octanol–water partition coefficient (Wildman–Crippen LogP) is 4.15. The number of hydrogen-bond donors (Lipinski definition) is 2. The standard InChI is InChI=1S/C20H31NO3/c1-13(2)18(23)21-12-24-11-14-9-15(19(3,4)5)17(22)16(10-14)20(6,7)8/h9-10,22H,1,11-12H2,2-8H3,(H,21,23). The second-order valence-corrected chi connectivity index (χ2v) is 8.32. The minimum atomic E-state index is -0.216. The first-order chi connectivity index (χ1) is 10.8. The second kappa shape index (κ2) is 7.39. The van der Waals surface area contributed by atoms with E-state index >= 15 is 0 Å². The van der Waals surface area contributed by atoms with Crippen LogP contribution in [0, 0.1) is 0 Å². The molecule has 0 spiro atoms. The molecule has 1 aromatic rings. The monoisotopic (exact) mass is 333 g/mol. The number of aromatic hydroxyl groups is 1. The van der Waals surface area contributed by atoms with Crippen LogP contribution in [0.3, 0.4) is 0 Å². The van der Waals surface area contributed by atoms with Crippen molar-refractivity contribution in [3.05, 3.63) is 41.0 Å². The van der Waals surface area contributed by atoms with Gasteiger partial charge in [0.2, 0.25) is 5.91 Å². The van der Waals surface area contributed by atoms with E-state index in [4.69, 9.17) is 4.74 Å². The van der Waals surface area contributed by atoms with Crippen molar-refractivity contribution in [2.75, 3.05) is 6.73 Å². The van der Waals surface area contributed by atoms with Gasteiger partial charge in [0.05, 0.1) is 6.61 Å². The lowest BCUT2D eigenvalue weighted by Gasteiger charge is -2.28. The normalized spacial score (nSPS) is 12.1. The summed E-state index contributed by atoms with van der Waals surface area (Å²) < 4.78 is 5.56. The fraction of sp³-hybridized carbons (Fsp3) is 0.550. The molecule has 24 heavy (non-hydrogen) atoms. The van der Waals surface area contributed by atoms with Crippen molar-refractivity contribution in [3.8, 4) is 5.75 Å². The van der Waals surface area contributed by atoms with Crippen molar-refractivity contribution < 1.29 is 14.6 Å². The molecule has 1 rings (SSSR count). The number of phenols is 1. The number of phenolic OH excluding ortho intramolecular Hbond substituents is 1. The molecule has 0 saturated heterocycles. The molecule has 0 unspecified atom stereocenters. The molecule has 4 heteroatoms. The minimum Gasteiger partial charge on any atom is -0.507 e. The average Bonchev–Trinajstić information content (AvgIpc) is 2.41. The van der Waals surface area contributed by atoms with Crippen molar-refractivity contribution in [1.82, 2.24) is 5.32 Å². The van der Waals surface area contributed by atoms with Crippen molar-refractivity contribution in [2.24, 2.45) is 0 Å². The smallest absolute Gasteiger partial charge is 0.248 e. The molecule has 0 saturated carbocycles. The summed E-state index contributed by atoms with van der Waals surface area (Å²) in [6, 6.07) is 3.95. The van der Waals surface area contributed by atoms with Gasteiger partial charge in [0.1, 0.15) is 12.5 Å². The van der Waals surface area contributed by atoms with Gasteiger partial charge < -0.3 is 15.2 Å². The summed E-state index contributed by atoms with van der Waals surface area (Å²) in [4.78, 5) is 11.4. The third-order valence-electron chi connectivity index (χ3n) is 3.78. The summed E-state index contributed by atoms with van der Waals surface area (Å²) in [5.74, 6) is 0.140. The zero-order chi connectivity index (χ0) is 18.7. The maximum atomic E-state index is 11.4. The molecule has 2 N–H and O–H groups in total. The van der Waals surface area contributed by atoms with E-state index in [2.05, 4.69) is 53.4 Å². The van der Waals surface area contributed by atoms with Crippen LogP contribution >= 0.6 is 0 Å². The molecule has 4 nitrogen and oxygen atoms in total. The molecule has 0 fully saturated rings. The predicted molar refractivity (Wildman–Crippen MR) is 98.1 cm³/mol. The molecular formula is C20H31NO3. The van der Waals surface area contributed by atoms with E-state index in [1.165, 1.54) is 0 Å². The van der Waals surface area contributed by atoms with E-state index in [9.17, 15) is 9.90 Å². The maximum absolute atomic E-state index is 11.4. The first kappa shape index (κ1) is 20.2. The lowest BCUT2D eigenvalue weighted by molar-refractivity contribution is -0.119. The molecule has 0 aromatic heterocycles. The molecule has 1 aromatic carbocycles. The number of amides is 1. The van der Waals surface area contributed by atoms with Gasteiger partial charge in [-0.25, -0.2) is 0 Å². The third kappa shape index (κ3) is 5.38. The van der Waals surface area contributed by atoms with Crippen molar-refractivity contribution in [2.45, 2.75) is 65.9 Å². The number of ether oxygens (including phenoxy) is 1. The summed E-state index contributed by atoms with van der Waals surface area (Å²) in [7, 11) is 0. The Bertz CT molecular complexity index is 584. The van der Waals surface area contributed by atoms with Gasteiger partial charge in [-0.3, -0.25) is 4.79 Å². The number of rotatable bonds is 5. The largest absolute Gasteiger partial charge is 0.507 e. The Kier molecular flexibility index (Phi) is 6.23. The molecular weight excluding hydrogens is 302 g/mol. The van der Waals surface area contributed by atoms with Gasteiger partial charge in [-0.05, 0) is 46.6 Å². The maximum Gasteiger partial charge on any atom is 0.248 e. The molecule has 0 bridgehead atoms. The summed E-state index contributed by atoms with van der Waals surface area (Å²) in [5.41, 5.74) is 2.89. The number of hydrogen-bond acceptors (Lipinski definition) is 3. The molecule has 0 aliphatic rings.